The fourth-order valence-corrected chi connectivity index (χ4v) is 5.76. The van der Waals surface area contributed by atoms with E-state index in [0.29, 0.717) is 24.0 Å². The lowest BCUT2D eigenvalue weighted by molar-refractivity contribution is -0.143. The standard InChI is InChI=1S/C24H27F3N2O5S/c1-34-13-19(30)22(31)29-14-24(10-11-24)21(28-35(32,33)23(26)27)18(29)12-16-8-5-9-17(20(16)25)15-6-3-2-4-7-15/h2-9,18-19,21,23,28,30H,10-14H2,1H3/t18-,19?,21+/m0/s1. The first-order chi connectivity index (χ1) is 16.6. The molecule has 2 aromatic rings. The number of amides is 1. The lowest BCUT2D eigenvalue weighted by Crippen LogP contribution is -2.52. The van der Waals surface area contributed by atoms with Crippen LogP contribution in [0.3, 0.4) is 0 Å². The number of halogens is 3. The Balaban J connectivity index is 1.72. The molecule has 1 saturated heterocycles. The Hall–Kier alpha value is -2.47. The van der Waals surface area contributed by atoms with Crippen molar-refractivity contribution in [1.82, 2.24) is 9.62 Å². The lowest BCUT2D eigenvalue weighted by atomic mass is 9.91. The summed E-state index contributed by atoms with van der Waals surface area (Å²) in [5.41, 5.74) is 0.414. The third-order valence-electron chi connectivity index (χ3n) is 6.83. The van der Waals surface area contributed by atoms with E-state index in [2.05, 4.69) is 4.72 Å². The number of hydrogen-bond donors (Lipinski definition) is 2. The van der Waals surface area contributed by atoms with Crippen molar-refractivity contribution < 1.29 is 36.2 Å². The minimum atomic E-state index is -4.98. The summed E-state index contributed by atoms with van der Waals surface area (Å²) in [4.78, 5) is 14.3. The van der Waals surface area contributed by atoms with E-state index in [0.717, 1.165) is 0 Å². The van der Waals surface area contributed by atoms with E-state index >= 15 is 4.39 Å². The van der Waals surface area contributed by atoms with Crippen LogP contribution in [0.1, 0.15) is 18.4 Å². The second-order valence-electron chi connectivity index (χ2n) is 9.12. The second-order valence-corrected chi connectivity index (χ2v) is 10.8. The molecule has 190 valence electrons. The maximum atomic E-state index is 15.6. The van der Waals surface area contributed by atoms with Gasteiger partial charge in [0.15, 0.2) is 6.10 Å². The summed E-state index contributed by atoms with van der Waals surface area (Å²) in [5.74, 6) is -4.92. The predicted molar refractivity (Wildman–Crippen MR) is 122 cm³/mol. The average molecular weight is 513 g/mol. The Kier molecular flexibility index (Phi) is 7.23. The number of nitrogens with zero attached hydrogens (tertiary/aromatic N) is 1. The fraction of sp³-hybridized carbons (Fsp3) is 0.458. The molecular weight excluding hydrogens is 485 g/mol. The van der Waals surface area contributed by atoms with Gasteiger partial charge in [0.2, 0.25) is 0 Å². The topological polar surface area (TPSA) is 95.9 Å². The van der Waals surface area contributed by atoms with Crippen LogP contribution in [0.2, 0.25) is 0 Å². The minimum Gasteiger partial charge on any atom is -0.381 e. The molecule has 1 saturated carbocycles. The third kappa shape index (κ3) is 5.09. The van der Waals surface area contributed by atoms with Crippen LogP contribution in [0.15, 0.2) is 48.5 Å². The van der Waals surface area contributed by atoms with E-state index in [-0.39, 0.29) is 25.1 Å². The number of carbonyl (C=O) groups excluding carboxylic acids is 1. The largest absolute Gasteiger partial charge is 0.381 e. The molecule has 0 radical (unpaired) electrons. The zero-order valence-corrected chi connectivity index (χ0v) is 19.8. The number of likely N-dealkylation sites (tertiary alicyclic amines) is 1. The summed E-state index contributed by atoms with van der Waals surface area (Å²) in [5, 5.41) is 10.3. The predicted octanol–water partition coefficient (Wildman–Crippen LogP) is 2.54. The van der Waals surface area contributed by atoms with E-state index in [9.17, 15) is 27.1 Å². The van der Waals surface area contributed by atoms with E-state index in [1.807, 2.05) is 0 Å². The highest BCUT2D eigenvalue weighted by Gasteiger charge is 2.62. The van der Waals surface area contributed by atoms with Crippen LogP contribution >= 0.6 is 0 Å². The molecule has 7 nitrogen and oxygen atoms in total. The number of sulfonamides is 1. The number of carbonyl (C=O) groups is 1. The van der Waals surface area contributed by atoms with Crippen molar-refractivity contribution in [3.63, 3.8) is 0 Å². The first-order valence-electron chi connectivity index (χ1n) is 11.2. The monoisotopic (exact) mass is 512 g/mol. The molecular formula is C24H27F3N2O5S. The van der Waals surface area contributed by atoms with Gasteiger partial charge in [-0.2, -0.15) is 8.78 Å². The smallest absolute Gasteiger partial charge is 0.350 e. The molecule has 2 fully saturated rings. The molecule has 4 rings (SSSR count). The molecule has 3 atom stereocenters. The van der Waals surface area contributed by atoms with Crippen LogP contribution < -0.4 is 4.72 Å². The van der Waals surface area contributed by atoms with Crippen molar-refractivity contribution >= 4 is 15.9 Å². The van der Waals surface area contributed by atoms with Gasteiger partial charge in [-0.1, -0.05) is 48.5 Å². The van der Waals surface area contributed by atoms with Gasteiger partial charge in [-0.3, -0.25) is 4.79 Å². The van der Waals surface area contributed by atoms with Crippen LogP contribution in [-0.4, -0.2) is 68.5 Å². The van der Waals surface area contributed by atoms with Gasteiger partial charge in [-0.25, -0.2) is 17.5 Å². The zero-order chi connectivity index (χ0) is 25.4. The zero-order valence-electron chi connectivity index (χ0n) is 19.0. The summed E-state index contributed by atoms with van der Waals surface area (Å²) in [6.45, 7) is -0.228. The quantitative estimate of drug-likeness (QED) is 0.539. The molecule has 1 aliphatic carbocycles. The van der Waals surface area contributed by atoms with Gasteiger partial charge in [0.05, 0.1) is 12.6 Å². The first kappa shape index (κ1) is 25.6. The summed E-state index contributed by atoms with van der Waals surface area (Å²) in [7, 11) is -3.67. The van der Waals surface area contributed by atoms with Crippen molar-refractivity contribution in [2.45, 2.75) is 43.2 Å². The molecule has 1 heterocycles. The number of rotatable bonds is 9. The summed E-state index contributed by atoms with van der Waals surface area (Å²) >= 11 is 0. The molecule has 2 aliphatic rings. The van der Waals surface area contributed by atoms with E-state index < -0.39 is 51.1 Å². The van der Waals surface area contributed by atoms with Crippen molar-refractivity contribution in [3.8, 4) is 11.1 Å². The Bertz CT molecular complexity index is 1170. The maximum absolute atomic E-state index is 15.6. The van der Waals surface area contributed by atoms with Gasteiger partial charge in [0, 0.05) is 30.7 Å². The van der Waals surface area contributed by atoms with Gasteiger partial charge in [0.25, 0.3) is 15.9 Å². The number of ether oxygens (including phenoxy) is 1. The molecule has 11 heteroatoms. The molecule has 1 aliphatic heterocycles. The Labute approximate surface area is 201 Å². The van der Waals surface area contributed by atoms with E-state index in [1.165, 1.54) is 18.1 Å². The van der Waals surface area contributed by atoms with Gasteiger partial charge >= 0.3 is 5.76 Å². The van der Waals surface area contributed by atoms with Crippen molar-refractivity contribution in [2.75, 3.05) is 20.3 Å². The number of aliphatic hydroxyl groups is 1. The van der Waals surface area contributed by atoms with Crippen molar-refractivity contribution in [2.24, 2.45) is 5.41 Å². The number of benzene rings is 2. The van der Waals surface area contributed by atoms with Crippen LogP contribution in [0.5, 0.6) is 0 Å². The number of hydrogen-bond acceptors (Lipinski definition) is 5. The number of aliphatic hydroxyl groups excluding tert-OH is 1. The molecule has 35 heavy (non-hydrogen) atoms. The lowest BCUT2D eigenvalue weighted by Gasteiger charge is -2.30. The highest BCUT2D eigenvalue weighted by molar-refractivity contribution is 7.89. The molecule has 0 bridgehead atoms. The molecule has 1 amide bonds. The minimum absolute atomic E-state index is 0.0632. The number of alkyl halides is 2. The van der Waals surface area contributed by atoms with E-state index in [4.69, 9.17) is 4.74 Å². The van der Waals surface area contributed by atoms with Crippen LogP contribution in [0.4, 0.5) is 13.2 Å². The van der Waals surface area contributed by atoms with Gasteiger partial charge in [-0.05, 0) is 30.4 Å². The highest BCUT2D eigenvalue weighted by atomic mass is 32.2. The molecule has 2 N–H and O–H groups in total. The second kappa shape index (κ2) is 9.88. The Morgan fingerprint density at radius 2 is 1.89 bits per heavy atom. The summed E-state index contributed by atoms with van der Waals surface area (Å²) in [6.07, 6.45) is -0.632. The fourth-order valence-electron chi connectivity index (χ4n) is 4.90. The molecule has 0 aromatic heterocycles. The van der Waals surface area contributed by atoms with Crippen LogP contribution in [0, 0.1) is 11.2 Å². The molecule has 2 aromatic carbocycles. The van der Waals surface area contributed by atoms with Gasteiger partial charge in [-0.15, -0.1) is 0 Å². The molecule has 1 unspecified atom stereocenters. The maximum Gasteiger partial charge on any atom is 0.350 e. The summed E-state index contributed by atoms with van der Waals surface area (Å²) < 4.78 is 73.2. The van der Waals surface area contributed by atoms with Gasteiger partial charge in [0.1, 0.15) is 5.82 Å². The summed E-state index contributed by atoms with van der Waals surface area (Å²) in [6, 6.07) is 11.6. The SMILES string of the molecule is COCC(O)C(=O)N1CC2(CC2)[C@H](NS(=O)(=O)C(F)F)[C@@H]1Cc1cccc(-c2ccccc2)c1F. The number of methoxy groups -OCH3 is 1. The number of nitrogens with one attached hydrogen (secondary N) is 1. The van der Waals surface area contributed by atoms with Crippen LogP contribution in [-0.2, 0) is 26.0 Å². The van der Waals surface area contributed by atoms with Crippen LogP contribution in [0.25, 0.3) is 11.1 Å². The van der Waals surface area contributed by atoms with Gasteiger partial charge < -0.3 is 14.7 Å². The van der Waals surface area contributed by atoms with E-state index in [1.54, 1.807) is 42.5 Å². The average Bonchev–Trinajstić information content (AvgIpc) is 3.55. The normalized spacial score (nSPS) is 22.1. The Morgan fingerprint density at radius 3 is 2.49 bits per heavy atom. The first-order valence-corrected chi connectivity index (χ1v) is 12.7. The molecule has 1 spiro atoms. The third-order valence-corrected chi connectivity index (χ3v) is 7.88. The van der Waals surface area contributed by atoms with Crippen molar-refractivity contribution in [3.05, 3.63) is 59.9 Å². The highest BCUT2D eigenvalue weighted by Crippen LogP contribution is 2.55. The Morgan fingerprint density at radius 1 is 1.20 bits per heavy atom. The van der Waals surface area contributed by atoms with Crippen molar-refractivity contribution in [1.29, 1.82) is 0 Å².